The van der Waals surface area contributed by atoms with Gasteiger partial charge in [0, 0.05) is 11.3 Å². The van der Waals surface area contributed by atoms with E-state index < -0.39 is 0 Å². The predicted octanol–water partition coefficient (Wildman–Crippen LogP) is 3.47. The van der Waals surface area contributed by atoms with Gasteiger partial charge in [0.15, 0.2) is 0 Å². The predicted molar refractivity (Wildman–Crippen MR) is 59.4 cm³/mol. The number of allylic oxidation sites excluding steroid dienone is 2. The van der Waals surface area contributed by atoms with Crippen molar-refractivity contribution in [3.8, 4) is 0 Å². The molecule has 1 heteroatoms. The smallest absolute Gasteiger partial charge is 0.0390 e. The Morgan fingerprint density at radius 1 is 1.38 bits per heavy atom. The monoisotopic (exact) mass is 175 g/mol. The van der Waals surface area contributed by atoms with Crippen LogP contribution >= 0.6 is 0 Å². The zero-order chi connectivity index (χ0) is 9.68. The van der Waals surface area contributed by atoms with Gasteiger partial charge in [0.05, 0.1) is 0 Å². The third kappa shape index (κ3) is 2.35. The van der Waals surface area contributed by atoms with Crippen molar-refractivity contribution in [2.45, 2.75) is 26.7 Å². The maximum absolute atomic E-state index is 5.89. The zero-order valence-electron chi connectivity index (χ0n) is 8.38. The molecule has 0 saturated heterocycles. The molecule has 0 fully saturated rings. The van der Waals surface area contributed by atoms with E-state index in [0.717, 1.165) is 18.5 Å². The molecule has 2 N–H and O–H groups in total. The number of benzene rings is 1. The summed E-state index contributed by atoms with van der Waals surface area (Å²) in [7, 11) is 0. The molecule has 0 amide bonds. The van der Waals surface area contributed by atoms with E-state index in [0.29, 0.717) is 0 Å². The van der Waals surface area contributed by atoms with Crippen LogP contribution in [0.15, 0.2) is 30.3 Å². The van der Waals surface area contributed by atoms with Gasteiger partial charge in [0.2, 0.25) is 0 Å². The van der Waals surface area contributed by atoms with Gasteiger partial charge in [0.1, 0.15) is 0 Å². The highest BCUT2D eigenvalue weighted by atomic mass is 14.6. The molecular formula is C12H17N. The maximum atomic E-state index is 5.89. The van der Waals surface area contributed by atoms with Crippen LogP contribution in [0.1, 0.15) is 32.3 Å². The SMILES string of the molecule is C/C=C(/CCC)c1ccccc1N. The third-order valence-corrected chi connectivity index (χ3v) is 2.17. The number of anilines is 1. The second-order valence-corrected chi connectivity index (χ2v) is 3.15. The molecule has 13 heavy (non-hydrogen) atoms. The second kappa shape index (κ2) is 4.70. The number of nitrogen functional groups attached to an aromatic ring is 1. The molecule has 1 nitrogen and oxygen atoms in total. The molecule has 0 heterocycles. The number of hydrogen-bond acceptors (Lipinski definition) is 1. The van der Waals surface area contributed by atoms with Gasteiger partial charge in [-0.15, -0.1) is 0 Å². The first kappa shape index (κ1) is 9.85. The van der Waals surface area contributed by atoms with Crippen LogP contribution < -0.4 is 5.73 Å². The van der Waals surface area contributed by atoms with Crippen LogP contribution in [0.3, 0.4) is 0 Å². The Kier molecular flexibility index (Phi) is 3.56. The highest BCUT2D eigenvalue weighted by Gasteiger charge is 2.01. The molecule has 0 bridgehead atoms. The van der Waals surface area contributed by atoms with Crippen LogP contribution in [0.2, 0.25) is 0 Å². The Labute approximate surface area is 80.3 Å². The Hall–Kier alpha value is -1.24. The molecule has 1 aromatic carbocycles. The van der Waals surface area contributed by atoms with Crippen LogP contribution in [-0.2, 0) is 0 Å². The van der Waals surface area contributed by atoms with Crippen molar-refractivity contribution >= 4 is 11.3 Å². The molecule has 0 aliphatic heterocycles. The molecular weight excluding hydrogens is 158 g/mol. The van der Waals surface area contributed by atoms with E-state index in [2.05, 4.69) is 26.0 Å². The van der Waals surface area contributed by atoms with Gasteiger partial charge in [-0.1, -0.05) is 37.6 Å². The first-order valence-electron chi connectivity index (χ1n) is 4.79. The van der Waals surface area contributed by atoms with Crippen molar-refractivity contribution in [3.63, 3.8) is 0 Å². The van der Waals surface area contributed by atoms with E-state index in [1.807, 2.05) is 18.2 Å². The average molecular weight is 175 g/mol. The van der Waals surface area contributed by atoms with Crippen LogP contribution in [0.4, 0.5) is 5.69 Å². The van der Waals surface area contributed by atoms with Crippen molar-refractivity contribution < 1.29 is 0 Å². The van der Waals surface area contributed by atoms with Crippen molar-refractivity contribution in [1.29, 1.82) is 0 Å². The van der Waals surface area contributed by atoms with Gasteiger partial charge < -0.3 is 5.73 Å². The summed E-state index contributed by atoms with van der Waals surface area (Å²) in [6.07, 6.45) is 4.41. The summed E-state index contributed by atoms with van der Waals surface area (Å²) in [6.45, 7) is 4.25. The second-order valence-electron chi connectivity index (χ2n) is 3.15. The fraction of sp³-hybridized carbons (Fsp3) is 0.333. The van der Waals surface area contributed by atoms with E-state index in [4.69, 9.17) is 5.73 Å². The van der Waals surface area contributed by atoms with Crippen molar-refractivity contribution in [2.24, 2.45) is 0 Å². The van der Waals surface area contributed by atoms with E-state index in [9.17, 15) is 0 Å². The molecule has 0 spiro atoms. The lowest BCUT2D eigenvalue weighted by atomic mass is 10.00. The van der Waals surface area contributed by atoms with Crippen LogP contribution in [0.25, 0.3) is 5.57 Å². The number of para-hydroxylation sites is 1. The minimum absolute atomic E-state index is 0.879. The average Bonchev–Trinajstić information content (AvgIpc) is 2.16. The van der Waals surface area contributed by atoms with Gasteiger partial charge >= 0.3 is 0 Å². The summed E-state index contributed by atoms with van der Waals surface area (Å²) in [6, 6.07) is 8.04. The van der Waals surface area contributed by atoms with E-state index >= 15 is 0 Å². The Morgan fingerprint density at radius 2 is 2.08 bits per heavy atom. The lowest BCUT2D eigenvalue weighted by Crippen LogP contribution is -1.92. The molecule has 1 aromatic rings. The van der Waals surface area contributed by atoms with Gasteiger partial charge in [0.25, 0.3) is 0 Å². The van der Waals surface area contributed by atoms with E-state index in [-0.39, 0.29) is 0 Å². The first-order chi connectivity index (χ1) is 6.29. The Morgan fingerprint density at radius 3 is 2.62 bits per heavy atom. The van der Waals surface area contributed by atoms with Crippen molar-refractivity contribution in [1.82, 2.24) is 0 Å². The summed E-state index contributed by atoms with van der Waals surface area (Å²) in [4.78, 5) is 0. The summed E-state index contributed by atoms with van der Waals surface area (Å²) in [5, 5.41) is 0. The van der Waals surface area contributed by atoms with Gasteiger partial charge in [-0.05, 0) is 25.0 Å². The topological polar surface area (TPSA) is 26.0 Å². The first-order valence-corrected chi connectivity index (χ1v) is 4.79. The minimum atomic E-state index is 0.879. The van der Waals surface area contributed by atoms with Crippen LogP contribution in [0.5, 0.6) is 0 Å². The van der Waals surface area contributed by atoms with Crippen LogP contribution in [0, 0.1) is 0 Å². The fourth-order valence-corrected chi connectivity index (χ4v) is 1.49. The Bertz CT molecular complexity index is 300. The number of rotatable bonds is 3. The van der Waals surface area contributed by atoms with Gasteiger partial charge in [-0.3, -0.25) is 0 Å². The normalized spacial score (nSPS) is 11.7. The summed E-state index contributed by atoms with van der Waals surface area (Å²) < 4.78 is 0. The minimum Gasteiger partial charge on any atom is -0.398 e. The van der Waals surface area contributed by atoms with Crippen molar-refractivity contribution in [2.75, 3.05) is 5.73 Å². The zero-order valence-corrected chi connectivity index (χ0v) is 8.38. The van der Waals surface area contributed by atoms with Gasteiger partial charge in [-0.25, -0.2) is 0 Å². The maximum Gasteiger partial charge on any atom is 0.0390 e. The number of hydrogen-bond donors (Lipinski definition) is 1. The molecule has 0 radical (unpaired) electrons. The van der Waals surface area contributed by atoms with Crippen LogP contribution in [-0.4, -0.2) is 0 Å². The lowest BCUT2D eigenvalue weighted by Gasteiger charge is -2.08. The Balaban J connectivity index is 2.99. The summed E-state index contributed by atoms with van der Waals surface area (Å²) in [5.74, 6) is 0. The molecule has 0 atom stereocenters. The molecule has 0 aliphatic carbocycles. The standard InChI is InChI=1S/C12H17N/c1-3-7-10(4-2)11-8-5-6-9-12(11)13/h4-6,8-9H,3,7,13H2,1-2H3/b10-4-. The van der Waals surface area contributed by atoms with E-state index in [1.165, 1.54) is 11.1 Å². The van der Waals surface area contributed by atoms with Crippen molar-refractivity contribution in [3.05, 3.63) is 35.9 Å². The highest BCUT2D eigenvalue weighted by Crippen LogP contribution is 2.24. The molecule has 0 aromatic heterocycles. The van der Waals surface area contributed by atoms with Gasteiger partial charge in [-0.2, -0.15) is 0 Å². The highest BCUT2D eigenvalue weighted by molar-refractivity contribution is 5.74. The molecule has 70 valence electrons. The largest absolute Gasteiger partial charge is 0.398 e. The molecule has 0 unspecified atom stereocenters. The summed E-state index contributed by atoms with van der Waals surface area (Å²) in [5.41, 5.74) is 9.30. The van der Waals surface area contributed by atoms with E-state index in [1.54, 1.807) is 0 Å². The summed E-state index contributed by atoms with van der Waals surface area (Å²) >= 11 is 0. The fourth-order valence-electron chi connectivity index (χ4n) is 1.49. The number of nitrogens with two attached hydrogens (primary N) is 1. The lowest BCUT2D eigenvalue weighted by molar-refractivity contribution is 0.972. The quantitative estimate of drug-likeness (QED) is 0.699. The third-order valence-electron chi connectivity index (χ3n) is 2.17. The molecule has 1 rings (SSSR count). The molecule has 0 saturated carbocycles. The molecule has 0 aliphatic rings.